The van der Waals surface area contributed by atoms with Crippen LogP contribution in [0.25, 0.3) is 10.4 Å². The summed E-state index contributed by atoms with van der Waals surface area (Å²) in [6.07, 6.45) is 0.276. The van der Waals surface area contributed by atoms with Crippen LogP contribution in [-0.4, -0.2) is 42.7 Å². The van der Waals surface area contributed by atoms with E-state index in [2.05, 4.69) is 15.8 Å². The molecule has 11 heteroatoms. The van der Waals surface area contributed by atoms with Crippen LogP contribution in [0.3, 0.4) is 0 Å². The van der Waals surface area contributed by atoms with Gasteiger partial charge < -0.3 is 14.8 Å². The molecule has 0 aromatic carbocycles. The van der Waals surface area contributed by atoms with Crippen molar-refractivity contribution in [3.63, 3.8) is 0 Å². The number of anilines is 1. The van der Waals surface area contributed by atoms with Crippen molar-refractivity contribution >= 4 is 57.1 Å². The van der Waals surface area contributed by atoms with E-state index in [1.54, 1.807) is 12.3 Å². The molecule has 0 radical (unpaired) electrons. The molecular formula is C18H17N3O6S2. The zero-order valence-electron chi connectivity index (χ0n) is 15.4. The number of esters is 2. The zero-order chi connectivity index (χ0) is 20.8. The van der Waals surface area contributed by atoms with E-state index in [1.165, 1.54) is 22.7 Å². The molecule has 2 aromatic heterocycles. The van der Waals surface area contributed by atoms with E-state index in [9.17, 15) is 19.2 Å². The predicted molar refractivity (Wildman–Crippen MR) is 108 cm³/mol. The molecule has 0 aliphatic carbocycles. The van der Waals surface area contributed by atoms with Crippen LogP contribution in [0.15, 0.2) is 28.0 Å². The quantitative estimate of drug-likeness (QED) is 0.644. The van der Waals surface area contributed by atoms with Gasteiger partial charge in [-0.1, -0.05) is 6.07 Å². The number of amides is 2. The van der Waals surface area contributed by atoms with Gasteiger partial charge >= 0.3 is 11.9 Å². The van der Waals surface area contributed by atoms with E-state index in [0.717, 1.165) is 4.88 Å². The highest BCUT2D eigenvalue weighted by Gasteiger charge is 2.24. The monoisotopic (exact) mass is 435 g/mol. The lowest BCUT2D eigenvalue weighted by atomic mass is 10.1. The second-order valence-electron chi connectivity index (χ2n) is 5.77. The summed E-state index contributed by atoms with van der Waals surface area (Å²) in [6.45, 7) is 1.34. The van der Waals surface area contributed by atoms with Crippen molar-refractivity contribution in [2.75, 3.05) is 18.5 Å². The van der Waals surface area contributed by atoms with Crippen LogP contribution >= 0.6 is 22.7 Å². The molecule has 0 saturated heterocycles. The van der Waals surface area contributed by atoms with Crippen molar-refractivity contribution in [1.82, 2.24) is 5.43 Å². The SMILES string of the molecule is CCOC(=O)c1c(-c2cccs2)csc1NC(=O)COC(=O)C1=NNC(=O)CC1. The molecule has 29 heavy (non-hydrogen) atoms. The van der Waals surface area contributed by atoms with Crippen LogP contribution in [0.5, 0.6) is 0 Å². The summed E-state index contributed by atoms with van der Waals surface area (Å²) in [4.78, 5) is 48.5. The van der Waals surface area contributed by atoms with Crippen LogP contribution in [0.1, 0.15) is 30.1 Å². The second kappa shape index (κ2) is 9.43. The van der Waals surface area contributed by atoms with E-state index in [-0.39, 0.29) is 36.6 Å². The van der Waals surface area contributed by atoms with Crippen LogP contribution in [0, 0.1) is 0 Å². The number of thiophene rings is 2. The fourth-order valence-corrected chi connectivity index (χ4v) is 4.26. The van der Waals surface area contributed by atoms with E-state index in [0.29, 0.717) is 10.6 Å². The predicted octanol–water partition coefficient (Wildman–Crippen LogP) is 2.40. The summed E-state index contributed by atoms with van der Waals surface area (Å²) in [6, 6.07) is 3.73. The highest BCUT2D eigenvalue weighted by Crippen LogP contribution is 2.38. The Morgan fingerprint density at radius 2 is 2.03 bits per heavy atom. The molecule has 1 aliphatic heterocycles. The molecule has 1 aliphatic rings. The first-order valence-electron chi connectivity index (χ1n) is 8.64. The van der Waals surface area contributed by atoms with Crippen molar-refractivity contribution in [2.45, 2.75) is 19.8 Å². The Kier molecular flexibility index (Phi) is 6.73. The number of hydrogen-bond donors (Lipinski definition) is 2. The van der Waals surface area contributed by atoms with E-state index in [4.69, 9.17) is 9.47 Å². The normalized spacial score (nSPS) is 13.3. The highest BCUT2D eigenvalue weighted by atomic mass is 32.1. The third kappa shape index (κ3) is 5.06. The summed E-state index contributed by atoms with van der Waals surface area (Å²) in [7, 11) is 0. The molecule has 0 unspecified atom stereocenters. The molecule has 3 heterocycles. The molecule has 3 rings (SSSR count). The Bertz CT molecular complexity index is 964. The summed E-state index contributed by atoms with van der Waals surface area (Å²) in [5.74, 6) is -2.22. The van der Waals surface area contributed by atoms with Gasteiger partial charge in [0.25, 0.3) is 5.91 Å². The van der Waals surface area contributed by atoms with Gasteiger partial charge in [0, 0.05) is 28.7 Å². The summed E-state index contributed by atoms with van der Waals surface area (Å²) >= 11 is 2.64. The van der Waals surface area contributed by atoms with Gasteiger partial charge in [0.05, 0.1) is 6.61 Å². The molecule has 2 N–H and O–H groups in total. The lowest BCUT2D eigenvalue weighted by Crippen LogP contribution is -2.32. The van der Waals surface area contributed by atoms with E-state index in [1.807, 2.05) is 17.5 Å². The Morgan fingerprint density at radius 3 is 2.69 bits per heavy atom. The zero-order valence-corrected chi connectivity index (χ0v) is 17.0. The van der Waals surface area contributed by atoms with Crippen molar-refractivity contribution in [2.24, 2.45) is 5.10 Å². The minimum absolute atomic E-state index is 0.0423. The van der Waals surface area contributed by atoms with Crippen LogP contribution in [0.2, 0.25) is 0 Å². The Hall–Kier alpha value is -3.05. The largest absolute Gasteiger partial charge is 0.462 e. The van der Waals surface area contributed by atoms with E-state index < -0.39 is 24.5 Å². The number of carbonyl (C=O) groups excluding carboxylic acids is 4. The second-order valence-corrected chi connectivity index (χ2v) is 7.60. The van der Waals surface area contributed by atoms with Crippen molar-refractivity contribution in [1.29, 1.82) is 0 Å². The van der Waals surface area contributed by atoms with Gasteiger partial charge in [-0.25, -0.2) is 15.0 Å². The maximum absolute atomic E-state index is 12.4. The molecular weight excluding hydrogens is 418 g/mol. The lowest BCUT2D eigenvalue weighted by Gasteiger charge is -2.11. The molecule has 0 fully saturated rings. The van der Waals surface area contributed by atoms with Gasteiger partial charge in [-0.3, -0.25) is 9.59 Å². The summed E-state index contributed by atoms with van der Waals surface area (Å²) in [5.41, 5.74) is 3.16. The van der Waals surface area contributed by atoms with Crippen molar-refractivity contribution < 1.29 is 28.7 Å². The van der Waals surface area contributed by atoms with Gasteiger partial charge in [0.1, 0.15) is 16.3 Å². The highest BCUT2D eigenvalue weighted by molar-refractivity contribution is 7.17. The Labute approximate surface area is 173 Å². The smallest absolute Gasteiger partial charge is 0.355 e. The molecule has 2 aromatic rings. The number of nitrogens with one attached hydrogen (secondary N) is 2. The van der Waals surface area contributed by atoms with Gasteiger partial charge in [0.2, 0.25) is 5.91 Å². The van der Waals surface area contributed by atoms with Crippen molar-refractivity contribution in [3.05, 3.63) is 28.5 Å². The lowest BCUT2D eigenvalue weighted by molar-refractivity contribution is -0.140. The first kappa shape index (κ1) is 20.7. The number of rotatable bonds is 7. The van der Waals surface area contributed by atoms with Crippen LogP contribution in [-0.2, 0) is 23.9 Å². The standard InChI is InChI=1S/C18H17N3O6S2/c1-2-26-18(25)15-10(12-4-3-7-28-12)9-29-16(15)19-14(23)8-27-17(24)11-5-6-13(22)21-20-11/h3-4,7,9H,2,5-6,8H2,1H3,(H,19,23)(H,21,22). The minimum Gasteiger partial charge on any atom is -0.462 e. The van der Waals surface area contributed by atoms with Gasteiger partial charge in [0.15, 0.2) is 6.61 Å². The van der Waals surface area contributed by atoms with Crippen LogP contribution in [0.4, 0.5) is 5.00 Å². The van der Waals surface area contributed by atoms with Gasteiger partial charge in [-0.05, 0) is 18.4 Å². The summed E-state index contributed by atoms with van der Waals surface area (Å²) < 4.78 is 10.1. The number of carbonyl (C=O) groups is 4. The number of hydrogen-bond acceptors (Lipinski definition) is 9. The number of nitrogens with zero attached hydrogens (tertiary/aromatic N) is 1. The first-order valence-corrected chi connectivity index (χ1v) is 10.4. The number of hydrazone groups is 1. The molecule has 2 amide bonds. The molecule has 0 saturated carbocycles. The maximum atomic E-state index is 12.4. The fraction of sp³-hybridized carbons (Fsp3) is 0.278. The van der Waals surface area contributed by atoms with Crippen LogP contribution < -0.4 is 10.7 Å². The van der Waals surface area contributed by atoms with E-state index >= 15 is 0 Å². The fourth-order valence-electron chi connectivity index (χ4n) is 2.47. The average Bonchev–Trinajstić information content (AvgIpc) is 3.36. The van der Waals surface area contributed by atoms with Gasteiger partial charge in [-0.15, -0.1) is 22.7 Å². The topological polar surface area (TPSA) is 123 Å². The molecule has 9 nitrogen and oxygen atoms in total. The third-order valence-electron chi connectivity index (χ3n) is 3.78. The average molecular weight is 435 g/mol. The molecule has 0 bridgehead atoms. The first-order chi connectivity index (χ1) is 14.0. The van der Waals surface area contributed by atoms with Crippen molar-refractivity contribution in [3.8, 4) is 10.4 Å². The molecule has 0 spiro atoms. The minimum atomic E-state index is -0.781. The third-order valence-corrected chi connectivity index (χ3v) is 5.58. The maximum Gasteiger partial charge on any atom is 0.355 e. The molecule has 0 atom stereocenters. The Balaban J connectivity index is 1.67. The number of ether oxygens (including phenoxy) is 2. The Morgan fingerprint density at radius 1 is 1.21 bits per heavy atom. The summed E-state index contributed by atoms with van der Waals surface area (Å²) in [5, 5.41) is 10.2. The molecule has 152 valence electrons. The van der Waals surface area contributed by atoms with Gasteiger partial charge in [-0.2, -0.15) is 5.10 Å².